The van der Waals surface area contributed by atoms with Crippen LogP contribution < -0.4 is 5.73 Å². The van der Waals surface area contributed by atoms with E-state index in [1.54, 1.807) is 0 Å². The fraction of sp³-hybridized carbons (Fsp3) is 0.833. The van der Waals surface area contributed by atoms with E-state index < -0.39 is 12.0 Å². The molecule has 0 amide bonds. The van der Waals surface area contributed by atoms with Gasteiger partial charge in [0.15, 0.2) is 0 Å². The van der Waals surface area contributed by atoms with Crippen LogP contribution >= 0.6 is 0 Å². The Morgan fingerprint density at radius 1 is 1.35 bits per heavy atom. The molecule has 3 radical (unpaired) electrons. The van der Waals surface area contributed by atoms with Gasteiger partial charge in [0, 0.05) is 105 Å². The summed E-state index contributed by atoms with van der Waals surface area (Å²) in [7, 11) is 0. The van der Waals surface area contributed by atoms with Crippen molar-refractivity contribution in [2.75, 3.05) is 0 Å². The summed E-state index contributed by atoms with van der Waals surface area (Å²) in [5.74, 6) is -0.556. The standard InChI is InChI=1S/C6H13NO2.Ca.Co.Cr.Cu.Fe.Mg.Mn.Zn.4H/c1-4(2)3-5(7)6(8)9;;;;;;;;;;;;/h4-5H,3,7H2,1-2H3,(H,8,9);;;;;;;;;;;;/t5-;;;;;;;;;;;;/m0............/s1. The molecule has 3 N–H and O–H groups in total. The van der Waals surface area contributed by atoms with Crippen LogP contribution in [0.1, 0.15) is 20.3 Å². The molecule has 0 saturated heterocycles. The minimum absolute atomic E-state index is 0. The van der Waals surface area contributed by atoms with Crippen LogP contribution in [0.2, 0.25) is 0 Å². The van der Waals surface area contributed by atoms with E-state index in [2.05, 4.69) is 0 Å². The van der Waals surface area contributed by atoms with Gasteiger partial charge in [-0.3, -0.25) is 4.79 Å². The van der Waals surface area contributed by atoms with E-state index in [9.17, 15) is 4.79 Å². The first-order chi connectivity index (χ1) is 4.04. The van der Waals surface area contributed by atoms with Gasteiger partial charge < -0.3 is 10.8 Å². The van der Waals surface area contributed by atoms with E-state index in [0.717, 1.165) is 0 Å². The zero-order valence-corrected chi connectivity index (χ0v) is 16.8. The molecule has 0 spiro atoms. The van der Waals surface area contributed by atoms with Crippen LogP contribution in [0, 0.1) is 5.92 Å². The second-order valence-electron chi connectivity index (χ2n) is 2.57. The van der Waals surface area contributed by atoms with E-state index in [1.807, 2.05) is 13.8 Å². The van der Waals surface area contributed by atoms with Crippen LogP contribution in [0.3, 0.4) is 0 Å². The van der Waals surface area contributed by atoms with Crippen molar-refractivity contribution < 1.29 is 115 Å². The van der Waals surface area contributed by atoms with Crippen LogP contribution in [0.5, 0.6) is 0 Å². The predicted molar refractivity (Wildman–Crippen MR) is 52.2 cm³/mol. The van der Waals surface area contributed by atoms with E-state index in [4.69, 9.17) is 10.8 Å². The molecule has 0 aromatic rings. The summed E-state index contributed by atoms with van der Waals surface area (Å²) in [6.07, 6.45) is 0.551. The molecule has 0 aliphatic rings. The monoisotopic (exact) mass is 548 g/mol. The van der Waals surface area contributed by atoms with Crippen LogP contribution in [-0.4, -0.2) is 77.9 Å². The molecule has 0 aromatic heterocycles. The Bertz CT molecular complexity index is 142. The van der Waals surface area contributed by atoms with Crippen molar-refractivity contribution in [2.45, 2.75) is 26.3 Å². The molecule has 1 atom stereocenters. The smallest absolute Gasteiger partial charge is 0 e. The van der Waals surface area contributed by atoms with Crippen molar-refractivity contribution in [3.8, 4) is 0 Å². The quantitative estimate of drug-likeness (QED) is 0.426. The largest absolute Gasteiger partial charge is 0.316 e. The van der Waals surface area contributed by atoms with E-state index >= 15 is 0 Å². The SMILES string of the molecule is CC(C)C[C@H](N)C(=O)O.[CaH2].[Co].[Cr].[Cu].[Fe].[MgH2].[Mn].[Zn]. The van der Waals surface area contributed by atoms with E-state index in [-0.39, 0.29) is 166 Å². The molecule has 0 aromatic carbocycles. The maximum Gasteiger partial charge on any atom is 0.316 e. The third-order valence-electron chi connectivity index (χ3n) is 1.04. The Morgan fingerprint density at radius 2 is 1.59 bits per heavy atom. The van der Waals surface area contributed by atoms with Crippen molar-refractivity contribution in [1.29, 1.82) is 0 Å². The Labute approximate surface area is 215 Å². The molecule has 0 aliphatic carbocycles. The van der Waals surface area contributed by atoms with Gasteiger partial charge in [-0.2, -0.15) is 0 Å². The maximum atomic E-state index is 10.1. The number of nitrogens with two attached hydrogens (primary N) is 1. The summed E-state index contributed by atoms with van der Waals surface area (Å²) in [6.45, 7) is 3.89. The first-order valence-electron chi connectivity index (χ1n) is 3.02. The van der Waals surface area contributed by atoms with Gasteiger partial charge in [-0.05, 0) is 12.3 Å². The second kappa shape index (κ2) is 37.2. The number of carboxylic acid groups (broad SMARTS) is 1. The van der Waals surface area contributed by atoms with Gasteiger partial charge in [0.1, 0.15) is 6.04 Å². The molecular formula is C6H17CaCoCrCuFeMgMnNO2Zn. The average Bonchev–Trinajstić information content (AvgIpc) is 1.63. The van der Waals surface area contributed by atoms with Crippen LogP contribution in [0.4, 0.5) is 0 Å². The Balaban J connectivity index is -0.0000000114. The van der Waals surface area contributed by atoms with Crippen molar-refractivity contribution >= 4 is 66.8 Å². The van der Waals surface area contributed by atoms with Gasteiger partial charge in [0.05, 0.1) is 0 Å². The molecule has 0 rings (SSSR count). The van der Waals surface area contributed by atoms with E-state index in [0.29, 0.717) is 12.3 Å². The number of hydrogen-bond acceptors (Lipinski definition) is 2. The Kier molecular flexibility index (Phi) is 126. The predicted octanol–water partition coefficient (Wildman–Crippen LogP) is -1.40. The molecule has 11 heteroatoms. The number of carbonyl (C=O) groups is 1. The molecule has 105 valence electrons. The Hall–Kier alpha value is 4.68. The van der Waals surface area contributed by atoms with Gasteiger partial charge in [-0.1, -0.05) is 13.8 Å². The molecular weight excluding hydrogens is 533 g/mol. The summed E-state index contributed by atoms with van der Waals surface area (Å²) in [6, 6.07) is -0.690. The molecule has 0 aliphatic heterocycles. The summed E-state index contributed by atoms with van der Waals surface area (Å²) >= 11 is 0. The van der Waals surface area contributed by atoms with Gasteiger partial charge in [-0.25, -0.2) is 0 Å². The van der Waals surface area contributed by atoms with Crippen molar-refractivity contribution in [2.24, 2.45) is 11.7 Å². The zero-order valence-electron chi connectivity index (χ0n) is 8.28. The molecule has 0 heterocycles. The molecule has 0 saturated carbocycles. The summed E-state index contributed by atoms with van der Waals surface area (Å²) in [4.78, 5) is 10.1. The Morgan fingerprint density at radius 3 is 1.65 bits per heavy atom. The van der Waals surface area contributed by atoms with Crippen molar-refractivity contribution in [3.05, 3.63) is 0 Å². The zero-order chi connectivity index (χ0) is 7.44. The van der Waals surface area contributed by atoms with Gasteiger partial charge in [0.2, 0.25) is 0 Å². The number of rotatable bonds is 3. The van der Waals surface area contributed by atoms with Crippen molar-refractivity contribution in [3.63, 3.8) is 0 Å². The van der Waals surface area contributed by atoms with Gasteiger partial charge in [-0.15, -0.1) is 0 Å². The topological polar surface area (TPSA) is 63.3 Å². The number of aliphatic carboxylic acids is 1. The molecule has 0 unspecified atom stereocenters. The molecule has 0 fully saturated rings. The van der Waals surface area contributed by atoms with Gasteiger partial charge in [0.25, 0.3) is 0 Å². The minimum Gasteiger partial charge on any atom is 0 e. The molecule has 0 bridgehead atoms. The van der Waals surface area contributed by atoms with Crippen LogP contribution in [0.25, 0.3) is 0 Å². The van der Waals surface area contributed by atoms with E-state index in [1.165, 1.54) is 0 Å². The van der Waals surface area contributed by atoms with Crippen LogP contribution in [-0.2, 0) is 110 Å². The normalized spacial score (nSPS) is 7.29. The van der Waals surface area contributed by atoms with Gasteiger partial charge >= 0.3 is 66.8 Å². The summed E-state index contributed by atoms with van der Waals surface area (Å²) in [5.41, 5.74) is 5.22. The summed E-state index contributed by atoms with van der Waals surface area (Å²) < 4.78 is 0. The minimum atomic E-state index is -0.913. The maximum absolute atomic E-state index is 10.1. The van der Waals surface area contributed by atoms with Crippen LogP contribution in [0.15, 0.2) is 0 Å². The fourth-order valence-corrected chi connectivity index (χ4v) is 0.609. The summed E-state index contributed by atoms with van der Waals surface area (Å²) in [5, 5.41) is 8.31. The molecule has 17 heavy (non-hydrogen) atoms. The third kappa shape index (κ3) is 44.9. The first kappa shape index (κ1) is 57.7. The third-order valence-corrected chi connectivity index (χ3v) is 1.04. The number of carboxylic acids is 1. The average molecular weight is 550 g/mol. The first-order valence-corrected chi connectivity index (χ1v) is 3.02. The van der Waals surface area contributed by atoms with Crippen molar-refractivity contribution in [1.82, 2.24) is 0 Å². The fourth-order valence-electron chi connectivity index (χ4n) is 0.609. The number of hydrogen-bond donors (Lipinski definition) is 2. The second-order valence-corrected chi connectivity index (χ2v) is 2.57. The molecule has 3 nitrogen and oxygen atoms in total.